The summed E-state index contributed by atoms with van der Waals surface area (Å²) in [6.07, 6.45) is 2.16. The Kier molecular flexibility index (Phi) is 6.84. The van der Waals surface area contributed by atoms with Crippen LogP contribution in [0, 0.1) is 0 Å². The lowest BCUT2D eigenvalue weighted by molar-refractivity contribution is 0.129. The highest BCUT2D eigenvalue weighted by Gasteiger charge is 2.38. The molecule has 1 rings (SSSR count). The molecule has 0 saturated heterocycles. The summed E-state index contributed by atoms with van der Waals surface area (Å²) in [4.78, 5) is 1.19. The summed E-state index contributed by atoms with van der Waals surface area (Å²) < 4.78 is 13.3. The van der Waals surface area contributed by atoms with Gasteiger partial charge in [0.05, 0.1) is 6.10 Å². The molecule has 0 bridgehead atoms. The summed E-state index contributed by atoms with van der Waals surface area (Å²) in [6, 6.07) is 6.15. The lowest BCUT2D eigenvalue weighted by Gasteiger charge is -2.38. The van der Waals surface area contributed by atoms with Crippen molar-refractivity contribution in [3.63, 3.8) is 0 Å². The van der Waals surface area contributed by atoms with Crippen LogP contribution in [-0.2, 0) is 4.43 Å². The summed E-state index contributed by atoms with van der Waals surface area (Å²) in [5.41, 5.74) is 0. The summed E-state index contributed by atoms with van der Waals surface area (Å²) in [6.45, 7) is 14.0. The van der Waals surface area contributed by atoms with Crippen molar-refractivity contribution < 1.29 is 9.16 Å². The standard InChI is InChI=1S/C16H27BrO2SSi/c1-12(19-21(6,7)16(2,3)4)11-18-14-8-13(17)9-15(10-14)20-5/h8-10,12H,11H2,1-7H3/t12-/m0/s1. The number of benzene rings is 1. The third-order valence-electron chi connectivity index (χ3n) is 3.87. The van der Waals surface area contributed by atoms with Gasteiger partial charge in [0.15, 0.2) is 8.32 Å². The topological polar surface area (TPSA) is 18.5 Å². The Morgan fingerprint density at radius 1 is 1.24 bits per heavy atom. The first-order chi connectivity index (χ1) is 9.55. The van der Waals surface area contributed by atoms with Crippen LogP contribution < -0.4 is 4.74 Å². The summed E-state index contributed by atoms with van der Waals surface area (Å²) in [5, 5.41) is 0.225. The highest BCUT2D eigenvalue weighted by Crippen LogP contribution is 2.37. The Bertz CT molecular complexity index is 472. The van der Waals surface area contributed by atoms with Crippen molar-refractivity contribution in [1.82, 2.24) is 0 Å². The van der Waals surface area contributed by atoms with E-state index in [1.807, 2.05) is 6.07 Å². The van der Waals surface area contributed by atoms with Crippen LogP contribution in [0.2, 0.25) is 18.1 Å². The van der Waals surface area contributed by atoms with Crippen LogP contribution in [0.5, 0.6) is 5.75 Å². The number of ether oxygens (including phenoxy) is 1. The minimum atomic E-state index is -1.73. The molecule has 1 atom stereocenters. The Labute approximate surface area is 143 Å². The van der Waals surface area contributed by atoms with E-state index in [-0.39, 0.29) is 11.1 Å². The van der Waals surface area contributed by atoms with Crippen molar-refractivity contribution in [1.29, 1.82) is 0 Å². The van der Waals surface area contributed by atoms with Gasteiger partial charge < -0.3 is 9.16 Å². The zero-order chi connectivity index (χ0) is 16.3. The number of hydrogen-bond acceptors (Lipinski definition) is 3. The third-order valence-corrected chi connectivity index (χ3v) is 9.64. The maximum atomic E-state index is 6.31. The number of halogens is 1. The van der Waals surface area contributed by atoms with E-state index in [0.29, 0.717) is 6.61 Å². The zero-order valence-corrected chi connectivity index (χ0v) is 17.5. The first-order valence-electron chi connectivity index (χ1n) is 7.20. The quantitative estimate of drug-likeness (QED) is 0.440. The van der Waals surface area contributed by atoms with Crippen LogP contribution in [-0.4, -0.2) is 27.3 Å². The molecule has 0 amide bonds. The minimum Gasteiger partial charge on any atom is -0.491 e. The molecule has 0 N–H and O–H groups in total. The maximum absolute atomic E-state index is 6.31. The van der Waals surface area contributed by atoms with Crippen LogP contribution in [0.25, 0.3) is 0 Å². The van der Waals surface area contributed by atoms with Gasteiger partial charge in [0.2, 0.25) is 0 Å². The van der Waals surface area contributed by atoms with Gasteiger partial charge in [0.25, 0.3) is 0 Å². The van der Waals surface area contributed by atoms with Crippen molar-refractivity contribution in [3.05, 3.63) is 22.7 Å². The fourth-order valence-corrected chi connectivity index (χ4v) is 4.20. The van der Waals surface area contributed by atoms with Crippen molar-refractivity contribution in [3.8, 4) is 5.75 Å². The van der Waals surface area contributed by atoms with E-state index in [9.17, 15) is 0 Å². The van der Waals surface area contributed by atoms with E-state index < -0.39 is 8.32 Å². The van der Waals surface area contributed by atoms with Gasteiger partial charge in [-0.3, -0.25) is 0 Å². The van der Waals surface area contributed by atoms with Gasteiger partial charge in [-0.25, -0.2) is 0 Å². The van der Waals surface area contributed by atoms with E-state index in [1.165, 1.54) is 4.90 Å². The van der Waals surface area contributed by atoms with Crippen LogP contribution in [0.4, 0.5) is 0 Å². The molecule has 0 saturated carbocycles. The molecule has 1 aromatic carbocycles. The van der Waals surface area contributed by atoms with Crippen molar-refractivity contribution in [2.24, 2.45) is 0 Å². The minimum absolute atomic E-state index is 0.0996. The average molecular weight is 391 g/mol. The largest absolute Gasteiger partial charge is 0.491 e. The number of hydrogen-bond donors (Lipinski definition) is 0. The molecule has 0 aliphatic rings. The fraction of sp³-hybridized carbons (Fsp3) is 0.625. The monoisotopic (exact) mass is 390 g/mol. The average Bonchev–Trinajstić information content (AvgIpc) is 2.33. The Balaban J connectivity index is 2.61. The first kappa shape index (κ1) is 19.1. The highest BCUT2D eigenvalue weighted by molar-refractivity contribution is 9.10. The second kappa shape index (κ2) is 7.53. The second-order valence-corrected chi connectivity index (χ2v) is 13.4. The zero-order valence-electron chi connectivity index (χ0n) is 14.1. The van der Waals surface area contributed by atoms with Crippen LogP contribution in [0.3, 0.4) is 0 Å². The molecule has 0 aromatic heterocycles. The molecule has 0 aliphatic heterocycles. The summed E-state index contributed by atoms with van der Waals surface area (Å²) >= 11 is 5.23. The van der Waals surface area contributed by atoms with Gasteiger partial charge in [-0.05, 0) is 49.5 Å². The van der Waals surface area contributed by atoms with E-state index >= 15 is 0 Å². The van der Waals surface area contributed by atoms with E-state index in [4.69, 9.17) is 9.16 Å². The van der Waals surface area contributed by atoms with Crippen molar-refractivity contribution >= 4 is 36.0 Å². The molecule has 120 valence electrons. The molecule has 2 nitrogen and oxygen atoms in total. The molecule has 0 radical (unpaired) electrons. The van der Waals surface area contributed by atoms with Gasteiger partial charge in [0.1, 0.15) is 12.4 Å². The third kappa shape index (κ3) is 5.97. The Morgan fingerprint density at radius 3 is 2.38 bits per heavy atom. The number of thioether (sulfide) groups is 1. The first-order valence-corrected chi connectivity index (χ1v) is 12.1. The van der Waals surface area contributed by atoms with Gasteiger partial charge in [-0.2, -0.15) is 0 Å². The predicted molar refractivity (Wildman–Crippen MR) is 99.2 cm³/mol. The molecular formula is C16H27BrO2SSi. The lowest BCUT2D eigenvalue weighted by Crippen LogP contribution is -2.44. The maximum Gasteiger partial charge on any atom is 0.192 e. The molecular weight excluding hydrogens is 364 g/mol. The Morgan fingerprint density at radius 2 is 1.86 bits per heavy atom. The van der Waals surface area contributed by atoms with E-state index in [0.717, 1.165) is 10.2 Å². The summed E-state index contributed by atoms with van der Waals surface area (Å²) in [7, 11) is -1.73. The van der Waals surface area contributed by atoms with E-state index in [1.54, 1.807) is 11.8 Å². The van der Waals surface area contributed by atoms with Gasteiger partial charge in [0, 0.05) is 9.37 Å². The summed E-state index contributed by atoms with van der Waals surface area (Å²) in [5.74, 6) is 0.888. The van der Waals surface area contributed by atoms with Gasteiger partial charge in [-0.1, -0.05) is 36.7 Å². The molecule has 21 heavy (non-hydrogen) atoms. The second-order valence-electron chi connectivity index (χ2n) is 6.83. The van der Waals surface area contributed by atoms with Crippen LogP contribution in [0.1, 0.15) is 27.7 Å². The van der Waals surface area contributed by atoms with Gasteiger partial charge >= 0.3 is 0 Å². The van der Waals surface area contributed by atoms with Crippen LogP contribution in [0.15, 0.2) is 27.6 Å². The molecule has 0 heterocycles. The Hall–Kier alpha value is 0.0269. The molecule has 0 fully saturated rings. The smallest absolute Gasteiger partial charge is 0.192 e. The molecule has 0 aliphatic carbocycles. The van der Waals surface area contributed by atoms with Gasteiger partial charge in [-0.15, -0.1) is 11.8 Å². The van der Waals surface area contributed by atoms with E-state index in [2.05, 4.69) is 75.1 Å². The highest BCUT2D eigenvalue weighted by atomic mass is 79.9. The molecule has 0 spiro atoms. The molecule has 0 unspecified atom stereocenters. The SMILES string of the molecule is CSc1cc(Br)cc(OC[C@H](C)O[Si](C)(C)C(C)(C)C)c1. The lowest BCUT2D eigenvalue weighted by atomic mass is 10.2. The normalized spacial score (nSPS) is 14.1. The van der Waals surface area contributed by atoms with Crippen molar-refractivity contribution in [2.75, 3.05) is 12.9 Å². The predicted octanol–water partition coefficient (Wildman–Crippen LogP) is 5.96. The number of rotatable bonds is 6. The van der Waals surface area contributed by atoms with Crippen molar-refractivity contribution in [2.45, 2.75) is 56.8 Å². The fourth-order valence-electron chi connectivity index (χ4n) is 1.67. The molecule has 5 heteroatoms. The van der Waals surface area contributed by atoms with Crippen LogP contribution >= 0.6 is 27.7 Å². The molecule has 1 aromatic rings.